The number of allylic oxidation sites excluding steroid dienone is 1. The van der Waals surface area contributed by atoms with Crippen molar-refractivity contribution in [3.05, 3.63) is 11.1 Å². The smallest absolute Gasteiger partial charge is 0.342 e. The number of esters is 2. The molecule has 1 aliphatic heterocycles. The molecule has 2 fully saturated rings. The SMILES string of the molecule is O=C1OC(=O)C2C1=C1CC(SCCO)C2C1. The highest BCUT2D eigenvalue weighted by Crippen LogP contribution is 2.54. The van der Waals surface area contributed by atoms with Gasteiger partial charge >= 0.3 is 11.9 Å². The van der Waals surface area contributed by atoms with E-state index in [1.807, 2.05) is 0 Å². The van der Waals surface area contributed by atoms with Gasteiger partial charge in [-0.3, -0.25) is 4.79 Å². The standard InChI is InChI=1S/C11H12O4S/c12-1-2-16-7-4-5-3-6(7)9-8(5)10(13)15-11(9)14/h6-7,9,12H,1-4H2. The maximum atomic E-state index is 11.5. The van der Waals surface area contributed by atoms with Crippen molar-refractivity contribution in [1.82, 2.24) is 0 Å². The Morgan fingerprint density at radius 3 is 2.94 bits per heavy atom. The van der Waals surface area contributed by atoms with Gasteiger partial charge in [0.1, 0.15) is 0 Å². The summed E-state index contributed by atoms with van der Waals surface area (Å²) in [4.78, 5) is 23.0. The normalized spacial score (nSPS) is 35.9. The van der Waals surface area contributed by atoms with Crippen molar-refractivity contribution in [3.63, 3.8) is 0 Å². The van der Waals surface area contributed by atoms with Gasteiger partial charge in [-0.2, -0.15) is 11.8 Å². The van der Waals surface area contributed by atoms with E-state index < -0.39 is 5.97 Å². The molecular formula is C11H12O4S. The quantitative estimate of drug-likeness (QED) is 0.575. The monoisotopic (exact) mass is 240 g/mol. The van der Waals surface area contributed by atoms with Crippen LogP contribution >= 0.6 is 11.8 Å². The van der Waals surface area contributed by atoms with Crippen molar-refractivity contribution in [2.75, 3.05) is 12.4 Å². The number of ether oxygens (including phenoxy) is 1. The van der Waals surface area contributed by atoms with Gasteiger partial charge in [0, 0.05) is 11.0 Å². The Kier molecular flexibility index (Phi) is 2.33. The van der Waals surface area contributed by atoms with Crippen LogP contribution in [0.5, 0.6) is 0 Å². The Morgan fingerprint density at radius 1 is 1.38 bits per heavy atom. The van der Waals surface area contributed by atoms with Gasteiger partial charge in [0.2, 0.25) is 0 Å². The summed E-state index contributed by atoms with van der Waals surface area (Å²) in [5.41, 5.74) is 1.76. The molecule has 1 saturated carbocycles. The van der Waals surface area contributed by atoms with Gasteiger partial charge in [-0.1, -0.05) is 5.57 Å². The van der Waals surface area contributed by atoms with E-state index in [0.29, 0.717) is 16.6 Å². The van der Waals surface area contributed by atoms with Crippen LogP contribution < -0.4 is 0 Å². The predicted octanol–water partition coefficient (Wildman–Crippen LogP) is 0.500. The lowest BCUT2D eigenvalue weighted by Gasteiger charge is -2.22. The fraction of sp³-hybridized carbons (Fsp3) is 0.636. The summed E-state index contributed by atoms with van der Waals surface area (Å²) in [7, 11) is 0. The predicted molar refractivity (Wildman–Crippen MR) is 57.7 cm³/mol. The van der Waals surface area contributed by atoms with Crippen LogP contribution in [0.4, 0.5) is 0 Å². The van der Waals surface area contributed by atoms with Crippen LogP contribution in [-0.2, 0) is 14.3 Å². The number of thioether (sulfide) groups is 1. The number of hydrogen-bond acceptors (Lipinski definition) is 5. The van der Waals surface area contributed by atoms with E-state index in [9.17, 15) is 9.59 Å². The van der Waals surface area contributed by atoms with E-state index in [1.165, 1.54) is 0 Å². The summed E-state index contributed by atoms with van der Waals surface area (Å²) >= 11 is 1.70. The first-order valence-electron chi connectivity index (χ1n) is 5.42. The van der Waals surface area contributed by atoms with Crippen molar-refractivity contribution < 1.29 is 19.4 Å². The zero-order chi connectivity index (χ0) is 11.3. The fourth-order valence-corrected chi connectivity index (χ4v) is 4.27. The Labute approximate surface area is 97.0 Å². The Balaban J connectivity index is 1.85. The molecule has 3 unspecified atom stereocenters. The average molecular weight is 240 g/mol. The second-order valence-corrected chi connectivity index (χ2v) is 5.76. The van der Waals surface area contributed by atoms with Crippen LogP contribution in [0.2, 0.25) is 0 Å². The molecule has 5 heteroatoms. The first-order valence-corrected chi connectivity index (χ1v) is 6.47. The molecule has 0 amide bonds. The number of cyclic esters (lactones) is 2. The Hall–Kier alpha value is -0.810. The number of hydrogen-bond donors (Lipinski definition) is 1. The van der Waals surface area contributed by atoms with E-state index in [-0.39, 0.29) is 24.4 Å². The summed E-state index contributed by atoms with van der Waals surface area (Å²) in [6, 6.07) is 0. The van der Waals surface area contributed by atoms with E-state index in [4.69, 9.17) is 5.11 Å². The molecule has 3 atom stereocenters. The van der Waals surface area contributed by atoms with E-state index in [2.05, 4.69) is 4.74 Å². The van der Waals surface area contributed by atoms with E-state index in [0.717, 1.165) is 18.4 Å². The molecule has 2 bridgehead atoms. The van der Waals surface area contributed by atoms with Crippen molar-refractivity contribution in [3.8, 4) is 0 Å². The second-order valence-electron chi connectivity index (χ2n) is 4.41. The van der Waals surface area contributed by atoms with Gasteiger partial charge in [-0.25, -0.2) is 4.79 Å². The highest BCUT2D eigenvalue weighted by molar-refractivity contribution is 7.99. The molecule has 0 aromatic rings. The largest absolute Gasteiger partial charge is 0.396 e. The molecule has 1 heterocycles. The van der Waals surface area contributed by atoms with Gasteiger partial charge < -0.3 is 9.84 Å². The fourth-order valence-electron chi connectivity index (χ4n) is 3.04. The third-order valence-electron chi connectivity index (χ3n) is 3.62. The van der Waals surface area contributed by atoms with Gasteiger partial charge in [0.05, 0.1) is 18.1 Å². The minimum Gasteiger partial charge on any atom is -0.396 e. The molecule has 0 aromatic carbocycles. The highest BCUT2D eigenvalue weighted by atomic mass is 32.2. The second kappa shape index (κ2) is 3.60. The van der Waals surface area contributed by atoms with Crippen molar-refractivity contribution in [2.24, 2.45) is 11.8 Å². The molecule has 3 rings (SSSR count). The molecule has 0 spiro atoms. The molecular weight excluding hydrogens is 228 g/mol. The summed E-state index contributed by atoms with van der Waals surface area (Å²) < 4.78 is 4.67. The number of aliphatic hydroxyl groups is 1. The lowest BCUT2D eigenvalue weighted by molar-refractivity contribution is -0.153. The lowest BCUT2D eigenvalue weighted by atomic mass is 9.88. The zero-order valence-electron chi connectivity index (χ0n) is 8.64. The van der Waals surface area contributed by atoms with Crippen molar-refractivity contribution in [1.29, 1.82) is 0 Å². The van der Waals surface area contributed by atoms with Crippen LogP contribution in [0.1, 0.15) is 12.8 Å². The number of fused-ring (bicyclic) bond motifs is 4. The summed E-state index contributed by atoms with van der Waals surface area (Å²) in [6.45, 7) is 0.161. The third kappa shape index (κ3) is 1.28. The van der Waals surface area contributed by atoms with Crippen LogP contribution in [0.25, 0.3) is 0 Å². The van der Waals surface area contributed by atoms with Crippen LogP contribution in [0.15, 0.2) is 11.1 Å². The van der Waals surface area contributed by atoms with Crippen LogP contribution in [-0.4, -0.2) is 34.7 Å². The third-order valence-corrected chi connectivity index (χ3v) is 4.98. The van der Waals surface area contributed by atoms with Crippen LogP contribution in [0, 0.1) is 11.8 Å². The molecule has 0 aromatic heterocycles. The molecule has 16 heavy (non-hydrogen) atoms. The average Bonchev–Trinajstić information content (AvgIpc) is 2.88. The number of rotatable bonds is 3. The minimum atomic E-state index is -0.418. The molecule has 1 N–H and O–H groups in total. The van der Waals surface area contributed by atoms with Gasteiger partial charge in [-0.15, -0.1) is 0 Å². The van der Waals surface area contributed by atoms with Gasteiger partial charge in [0.15, 0.2) is 0 Å². The minimum absolute atomic E-state index is 0.161. The van der Waals surface area contributed by atoms with Gasteiger partial charge in [0.25, 0.3) is 0 Å². The summed E-state index contributed by atoms with van der Waals surface area (Å²) in [5.74, 6) is -0.167. The molecule has 86 valence electrons. The molecule has 0 radical (unpaired) electrons. The maximum Gasteiger partial charge on any atom is 0.342 e. The van der Waals surface area contributed by atoms with Crippen LogP contribution in [0.3, 0.4) is 0 Å². The molecule has 1 saturated heterocycles. The summed E-state index contributed by atoms with van der Waals surface area (Å²) in [6.07, 6.45) is 1.74. The number of carbonyl (C=O) groups is 2. The van der Waals surface area contributed by atoms with E-state index in [1.54, 1.807) is 11.8 Å². The lowest BCUT2D eigenvalue weighted by Crippen LogP contribution is -2.26. The molecule has 3 aliphatic rings. The van der Waals surface area contributed by atoms with Crippen molar-refractivity contribution in [2.45, 2.75) is 18.1 Å². The zero-order valence-corrected chi connectivity index (χ0v) is 9.46. The maximum absolute atomic E-state index is 11.5. The highest BCUT2D eigenvalue weighted by Gasteiger charge is 2.56. The Morgan fingerprint density at radius 2 is 2.19 bits per heavy atom. The summed E-state index contributed by atoms with van der Waals surface area (Å²) in [5, 5.41) is 9.17. The molecule has 2 aliphatic carbocycles. The van der Waals surface area contributed by atoms with Crippen molar-refractivity contribution >= 4 is 23.7 Å². The molecule has 4 nitrogen and oxygen atoms in total. The van der Waals surface area contributed by atoms with Gasteiger partial charge in [-0.05, 0) is 18.8 Å². The Bertz CT molecular complexity index is 401. The first-order chi connectivity index (χ1) is 7.72. The number of carbonyl (C=O) groups excluding carboxylic acids is 2. The van der Waals surface area contributed by atoms with E-state index >= 15 is 0 Å². The number of aliphatic hydroxyl groups excluding tert-OH is 1. The topological polar surface area (TPSA) is 63.6 Å². The first kappa shape index (κ1) is 10.4.